The lowest BCUT2D eigenvalue weighted by molar-refractivity contribution is -0.137. The van der Waals surface area contributed by atoms with Crippen LogP contribution in [0, 0.1) is 0 Å². The predicted octanol–water partition coefficient (Wildman–Crippen LogP) is 1.23. The van der Waals surface area contributed by atoms with Crippen molar-refractivity contribution in [1.82, 2.24) is 9.55 Å². The Hall–Kier alpha value is -2.08. The topological polar surface area (TPSA) is 92.4 Å². The van der Waals surface area contributed by atoms with Crippen molar-refractivity contribution < 1.29 is 15.0 Å². The Labute approximate surface area is 106 Å². The minimum atomic E-state index is -1.02. The number of halogens is 1. The SMILES string of the molecule is O=C(O)CCn1c(Cl)nc2cc(O)ccc2c1=O. The zero-order chi connectivity index (χ0) is 13.3. The predicted molar refractivity (Wildman–Crippen MR) is 64.9 cm³/mol. The third kappa shape index (κ3) is 2.28. The average molecular weight is 269 g/mol. The molecule has 94 valence electrons. The van der Waals surface area contributed by atoms with E-state index < -0.39 is 11.5 Å². The van der Waals surface area contributed by atoms with Crippen molar-refractivity contribution in [2.45, 2.75) is 13.0 Å². The molecule has 2 aromatic rings. The maximum atomic E-state index is 12.0. The molecule has 0 fully saturated rings. The van der Waals surface area contributed by atoms with Gasteiger partial charge < -0.3 is 10.2 Å². The van der Waals surface area contributed by atoms with Crippen LogP contribution in [-0.2, 0) is 11.3 Å². The van der Waals surface area contributed by atoms with Gasteiger partial charge in [-0.15, -0.1) is 0 Å². The molecule has 0 aliphatic rings. The normalized spacial score (nSPS) is 10.7. The lowest BCUT2D eigenvalue weighted by Gasteiger charge is -2.07. The average Bonchev–Trinajstić information content (AvgIpc) is 2.27. The molecule has 0 saturated heterocycles. The molecule has 0 saturated carbocycles. The van der Waals surface area contributed by atoms with Crippen molar-refractivity contribution in [3.63, 3.8) is 0 Å². The first-order chi connectivity index (χ1) is 8.49. The van der Waals surface area contributed by atoms with E-state index in [2.05, 4.69) is 4.98 Å². The standard InChI is InChI=1S/C11H9ClN2O4/c12-11-13-8-5-6(15)1-2-7(8)10(18)14(11)4-3-9(16)17/h1-2,5,15H,3-4H2,(H,16,17). The Kier molecular flexibility index (Phi) is 3.20. The van der Waals surface area contributed by atoms with Crippen molar-refractivity contribution in [3.05, 3.63) is 33.8 Å². The van der Waals surface area contributed by atoms with Gasteiger partial charge in [0.15, 0.2) is 0 Å². The molecule has 0 aliphatic carbocycles. The third-order valence-electron chi connectivity index (χ3n) is 2.44. The lowest BCUT2D eigenvalue weighted by Crippen LogP contribution is -2.23. The van der Waals surface area contributed by atoms with Crippen LogP contribution < -0.4 is 5.56 Å². The summed E-state index contributed by atoms with van der Waals surface area (Å²) in [5, 5.41) is 18.1. The molecule has 1 aromatic carbocycles. The third-order valence-corrected chi connectivity index (χ3v) is 2.73. The Balaban J connectivity index is 2.58. The Bertz CT molecular complexity index is 681. The van der Waals surface area contributed by atoms with Crippen LogP contribution in [0.15, 0.2) is 23.0 Å². The molecule has 1 heterocycles. The first kappa shape index (κ1) is 12.4. The van der Waals surface area contributed by atoms with Crippen molar-refractivity contribution in [3.8, 4) is 5.75 Å². The number of carboxylic acid groups (broad SMARTS) is 1. The number of aliphatic carboxylic acids is 1. The van der Waals surface area contributed by atoms with Crippen LogP contribution in [0.3, 0.4) is 0 Å². The van der Waals surface area contributed by atoms with Gasteiger partial charge in [-0.3, -0.25) is 14.2 Å². The number of fused-ring (bicyclic) bond motifs is 1. The number of phenols is 1. The summed E-state index contributed by atoms with van der Waals surface area (Å²) in [7, 11) is 0. The van der Waals surface area contributed by atoms with Crippen molar-refractivity contribution in [1.29, 1.82) is 0 Å². The number of aromatic nitrogens is 2. The molecule has 0 radical (unpaired) electrons. The minimum Gasteiger partial charge on any atom is -0.508 e. The fourth-order valence-corrected chi connectivity index (χ4v) is 1.84. The number of carbonyl (C=O) groups is 1. The fourth-order valence-electron chi connectivity index (χ4n) is 1.58. The van der Waals surface area contributed by atoms with Crippen LogP contribution in [0.25, 0.3) is 10.9 Å². The molecule has 0 aliphatic heterocycles. The van der Waals surface area contributed by atoms with Crippen LogP contribution in [0.4, 0.5) is 0 Å². The molecule has 0 atom stereocenters. The van der Waals surface area contributed by atoms with E-state index >= 15 is 0 Å². The summed E-state index contributed by atoms with van der Waals surface area (Å²) < 4.78 is 1.09. The highest BCUT2D eigenvalue weighted by Gasteiger charge is 2.10. The molecule has 0 bridgehead atoms. The zero-order valence-corrected chi connectivity index (χ0v) is 9.89. The number of phenolic OH excluding ortho intramolecular Hbond substituents is 1. The van der Waals surface area contributed by atoms with E-state index in [0.717, 1.165) is 4.57 Å². The smallest absolute Gasteiger partial charge is 0.305 e. The van der Waals surface area contributed by atoms with E-state index in [1.807, 2.05) is 0 Å². The van der Waals surface area contributed by atoms with Gasteiger partial charge in [-0.1, -0.05) is 0 Å². The summed E-state index contributed by atoms with van der Waals surface area (Å²) in [6.07, 6.45) is -0.217. The number of carboxylic acids is 1. The van der Waals surface area contributed by atoms with Crippen molar-refractivity contribution >= 4 is 28.5 Å². The summed E-state index contributed by atoms with van der Waals surface area (Å²) >= 11 is 5.82. The van der Waals surface area contributed by atoms with Gasteiger partial charge in [0.2, 0.25) is 5.28 Å². The maximum Gasteiger partial charge on any atom is 0.305 e. The monoisotopic (exact) mass is 268 g/mol. The van der Waals surface area contributed by atoms with E-state index in [1.165, 1.54) is 18.2 Å². The Morgan fingerprint density at radius 1 is 1.44 bits per heavy atom. The lowest BCUT2D eigenvalue weighted by atomic mass is 10.2. The van der Waals surface area contributed by atoms with Gasteiger partial charge in [0.1, 0.15) is 5.75 Å². The second-order valence-corrected chi connectivity index (χ2v) is 4.02. The van der Waals surface area contributed by atoms with Crippen LogP contribution in [0.5, 0.6) is 5.75 Å². The second kappa shape index (κ2) is 4.66. The van der Waals surface area contributed by atoms with Gasteiger partial charge in [-0.05, 0) is 23.7 Å². The van der Waals surface area contributed by atoms with E-state index in [1.54, 1.807) is 0 Å². The summed E-state index contributed by atoms with van der Waals surface area (Å²) in [5.41, 5.74) is -0.150. The molecular weight excluding hydrogens is 260 g/mol. The number of hydrogen-bond donors (Lipinski definition) is 2. The molecule has 18 heavy (non-hydrogen) atoms. The van der Waals surface area contributed by atoms with Crippen LogP contribution >= 0.6 is 11.6 Å². The van der Waals surface area contributed by atoms with Crippen molar-refractivity contribution in [2.75, 3.05) is 0 Å². The number of benzene rings is 1. The number of hydrogen-bond acceptors (Lipinski definition) is 4. The highest BCUT2D eigenvalue weighted by Crippen LogP contribution is 2.17. The van der Waals surface area contributed by atoms with Crippen LogP contribution in [0.1, 0.15) is 6.42 Å². The molecule has 0 unspecified atom stereocenters. The van der Waals surface area contributed by atoms with E-state index in [9.17, 15) is 14.7 Å². The van der Waals surface area contributed by atoms with E-state index in [-0.39, 0.29) is 34.9 Å². The van der Waals surface area contributed by atoms with Crippen molar-refractivity contribution in [2.24, 2.45) is 0 Å². The molecule has 7 heteroatoms. The summed E-state index contributed by atoms with van der Waals surface area (Å²) in [4.78, 5) is 26.5. The first-order valence-electron chi connectivity index (χ1n) is 5.10. The quantitative estimate of drug-likeness (QED) is 0.817. The van der Waals surface area contributed by atoms with Gasteiger partial charge in [-0.25, -0.2) is 4.98 Å². The summed E-state index contributed by atoms with van der Waals surface area (Å²) in [6.45, 7) is -0.0448. The number of nitrogens with zero attached hydrogens (tertiary/aromatic N) is 2. The Morgan fingerprint density at radius 3 is 2.83 bits per heavy atom. The molecule has 6 nitrogen and oxygen atoms in total. The van der Waals surface area contributed by atoms with Crippen LogP contribution in [0.2, 0.25) is 5.28 Å². The van der Waals surface area contributed by atoms with Gasteiger partial charge in [0, 0.05) is 12.6 Å². The van der Waals surface area contributed by atoms with E-state index in [0.29, 0.717) is 0 Å². The van der Waals surface area contributed by atoms with Crippen LogP contribution in [-0.4, -0.2) is 25.7 Å². The van der Waals surface area contributed by atoms with E-state index in [4.69, 9.17) is 16.7 Å². The van der Waals surface area contributed by atoms with Gasteiger partial charge in [-0.2, -0.15) is 0 Å². The molecule has 1 aromatic heterocycles. The molecule has 0 spiro atoms. The molecule has 2 rings (SSSR count). The highest BCUT2D eigenvalue weighted by molar-refractivity contribution is 6.28. The molecule has 2 N–H and O–H groups in total. The first-order valence-corrected chi connectivity index (χ1v) is 5.47. The summed E-state index contributed by atoms with van der Waals surface area (Å²) in [6, 6.07) is 4.11. The number of aromatic hydroxyl groups is 1. The number of rotatable bonds is 3. The largest absolute Gasteiger partial charge is 0.508 e. The summed E-state index contributed by atoms with van der Waals surface area (Å²) in [5.74, 6) is -1.04. The fraction of sp³-hybridized carbons (Fsp3) is 0.182. The Morgan fingerprint density at radius 2 is 2.17 bits per heavy atom. The van der Waals surface area contributed by atoms with Gasteiger partial charge in [0.25, 0.3) is 5.56 Å². The highest BCUT2D eigenvalue weighted by atomic mass is 35.5. The second-order valence-electron chi connectivity index (χ2n) is 3.68. The molecule has 0 amide bonds. The molecular formula is C11H9ClN2O4. The van der Waals surface area contributed by atoms with Gasteiger partial charge >= 0.3 is 5.97 Å². The van der Waals surface area contributed by atoms with Gasteiger partial charge in [0.05, 0.1) is 17.3 Å². The maximum absolute atomic E-state index is 12.0. The minimum absolute atomic E-state index is 0.0197. The zero-order valence-electron chi connectivity index (χ0n) is 9.13.